The Bertz CT molecular complexity index is 580. The monoisotopic (exact) mass is 266 g/mol. The van der Waals surface area contributed by atoms with Crippen molar-refractivity contribution in [1.29, 1.82) is 0 Å². The number of ether oxygens (including phenoxy) is 1. The molecule has 0 saturated heterocycles. The Morgan fingerprint density at radius 2 is 2.17 bits per heavy atom. The van der Waals surface area contributed by atoms with E-state index in [-0.39, 0.29) is 0 Å². The number of halogens is 1. The van der Waals surface area contributed by atoms with Crippen molar-refractivity contribution in [3.8, 4) is 11.6 Å². The highest BCUT2D eigenvalue weighted by Crippen LogP contribution is 2.28. The molecule has 0 bridgehead atoms. The van der Waals surface area contributed by atoms with Crippen molar-refractivity contribution in [2.24, 2.45) is 12.8 Å². The molecule has 2 rings (SSSR count). The fourth-order valence-electron chi connectivity index (χ4n) is 1.68. The van der Waals surface area contributed by atoms with Crippen molar-refractivity contribution in [2.75, 3.05) is 0 Å². The molecule has 0 atom stereocenters. The van der Waals surface area contributed by atoms with E-state index in [0.717, 1.165) is 22.7 Å². The van der Waals surface area contributed by atoms with Crippen LogP contribution in [0.25, 0.3) is 0 Å². The number of hydrogen-bond acceptors (Lipinski definition) is 4. The van der Waals surface area contributed by atoms with E-state index in [9.17, 15) is 0 Å². The van der Waals surface area contributed by atoms with Gasteiger partial charge in [-0.2, -0.15) is 5.10 Å². The maximum Gasteiger partial charge on any atom is 0.219 e. The van der Waals surface area contributed by atoms with E-state index in [0.29, 0.717) is 17.4 Å². The van der Waals surface area contributed by atoms with Crippen LogP contribution < -0.4 is 10.5 Å². The van der Waals surface area contributed by atoms with Gasteiger partial charge in [0, 0.05) is 25.9 Å². The van der Waals surface area contributed by atoms with Gasteiger partial charge in [0.25, 0.3) is 0 Å². The Morgan fingerprint density at radius 3 is 2.72 bits per heavy atom. The van der Waals surface area contributed by atoms with Crippen LogP contribution in [0.15, 0.2) is 12.3 Å². The van der Waals surface area contributed by atoms with Gasteiger partial charge in [-0.25, -0.2) is 4.98 Å². The Hall–Kier alpha value is -1.59. The highest BCUT2D eigenvalue weighted by atomic mass is 35.5. The third-order valence-electron chi connectivity index (χ3n) is 2.78. The zero-order valence-electron chi connectivity index (χ0n) is 10.6. The van der Waals surface area contributed by atoms with Crippen molar-refractivity contribution >= 4 is 11.6 Å². The van der Waals surface area contributed by atoms with Crippen LogP contribution in [-0.4, -0.2) is 14.8 Å². The van der Waals surface area contributed by atoms with Crippen LogP contribution in [0.4, 0.5) is 0 Å². The molecule has 0 radical (unpaired) electrons. The predicted octanol–water partition coefficient (Wildman–Crippen LogP) is 2.34. The molecular weight excluding hydrogens is 252 g/mol. The summed E-state index contributed by atoms with van der Waals surface area (Å²) in [6.45, 7) is 4.18. The van der Waals surface area contributed by atoms with Crippen molar-refractivity contribution in [3.05, 3.63) is 34.2 Å². The van der Waals surface area contributed by atoms with E-state index in [1.165, 1.54) is 0 Å². The molecule has 96 valence electrons. The van der Waals surface area contributed by atoms with E-state index in [1.807, 2.05) is 20.9 Å². The van der Waals surface area contributed by atoms with Crippen LogP contribution in [0.1, 0.15) is 17.0 Å². The quantitative estimate of drug-likeness (QED) is 0.926. The molecule has 0 aliphatic rings. The number of rotatable bonds is 3. The number of aromatic nitrogens is 3. The molecule has 0 fully saturated rings. The first-order valence-electron chi connectivity index (χ1n) is 5.55. The number of hydrogen-bond donors (Lipinski definition) is 1. The summed E-state index contributed by atoms with van der Waals surface area (Å²) in [6.07, 6.45) is 1.54. The average molecular weight is 267 g/mol. The lowest BCUT2D eigenvalue weighted by atomic mass is 10.2. The van der Waals surface area contributed by atoms with Crippen LogP contribution in [0.2, 0.25) is 5.02 Å². The molecule has 2 N–H and O–H groups in total. The Kier molecular flexibility index (Phi) is 3.54. The van der Waals surface area contributed by atoms with Gasteiger partial charge in [0.05, 0.1) is 10.7 Å². The van der Waals surface area contributed by atoms with Crippen molar-refractivity contribution in [2.45, 2.75) is 20.4 Å². The van der Waals surface area contributed by atoms with Gasteiger partial charge in [0.2, 0.25) is 5.88 Å². The summed E-state index contributed by atoms with van der Waals surface area (Å²) in [5.41, 5.74) is 8.16. The molecule has 0 aliphatic carbocycles. The lowest BCUT2D eigenvalue weighted by molar-refractivity contribution is 0.454. The molecule has 0 unspecified atom stereocenters. The molecule has 0 saturated carbocycles. The highest BCUT2D eigenvalue weighted by molar-refractivity contribution is 6.31. The first kappa shape index (κ1) is 12.9. The third-order valence-corrected chi connectivity index (χ3v) is 3.12. The Balaban J connectivity index is 2.34. The van der Waals surface area contributed by atoms with Crippen LogP contribution >= 0.6 is 11.6 Å². The summed E-state index contributed by atoms with van der Waals surface area (Å²) in [7, 11) is 1.87. The maximum absolute atomic E-state index is 5.95. The van der Waals surface area contributed by atoms with Crippen molar-refractivity contribution < 1.29 is 4.74 Å². The maximum atomic E-state index is 5.95. The first-order valence-corrected chi connectivity index (χ1v) is 5.93. The molecular formula is C12H15ClN4O. The minimum atomic E-state index is 0.350. The highest BCUT2D eigenvalue weighted by Gasteiger charge is 2.13. The lowest BCUT2D eigenvalue weighted by Gasteiger charge is -2.07. The number of pyridine rings is 1. The summed E-state index contributed by atoms with van der Waals surface area (Å²) in [4.78, 5) is 4.13. The van der Waals surface area contributed by atoms with E-state index in [1.54, 1.807) is 16.9 Å². The Morgan fingerprint density at radius 1 is 1.44 bits per heavy atom. The van der Waals surface area contributed by atoms with Gasteiger partial charge in [-0.1, -0.05) is 11.6 Å². The Labute approximate surface area is 111 Å². The van der Waals surface area contributed by atoms with E-state index >= 15 is 0 Å². The van der Waals surface area contributed by atoms with Crippen LogP contribution in [-0.2, 0) is 13.6 Å². The SMILES string of the molecule is Cc1nn(C)c(C)c1Oc1cc(CN)c(Cl)cn1. The number of nitrogens with two attached hydrogens (primary N) is 1. The van der Waals surface area contributed by atoms with Crippen LogP contribution in [0.3, 0.4) is 0 Å². The molecule has 5 nitrogen and oxygen atoms in total. The lowest BCUT2D eigenvalue weighted by Crippen LogP contribution is -1.99. The van der Waals surface area contributed by atoms with Gasteiger partial charge < -0.3 is 10.5 Å². The van der Waals surface area contributed by atoms with Crippen molar-refractivity contribution in [1.82, 2.24) is 14.8 Å². The summed E-state index contributed by atoms with van der Waals surface area (Å²) < 4.78 is 7.52. The molecule has 0 aromatic carbocycles. The second-order valence-corrected chi connectivity index (χ2v) is 4.45. The fraction of sp³-hybridized carbons (Fsp3) is 0.333. The summed E-state index contributed by atoms with van der Waals surface area (Å²) >= 11 is 5.95. The zero-order valence-corrected chi connectivity index (χ0v) is 11.3. The van der Waals surface area contributed by atoms with E-state index < -0.39 is 0 Å². The van der Waals surface area contributed by atoms with E-state index in [2.05, 4.69) is 10.1 Å². The van der Waals surface area contributed by atoms with Crippen LogP contribution in [0, 0.1) is 13.8 Å². The van der Waals surface area contributed by atoms with Gasteiger partial charge >= 0.3 is 0 Å². The van der Waals surface area contributed by atoms with Gasteiger partial charge in [0.15, 0.2) is 5.75 Å². The van der Waals surface area contributed by atoms with Gasteiger partial charge in [-0.15, -0.1) is 0 Å². The van der Waals surface area contributed by atoms with Gasteiger partial charge in [0.1, 0.15) is 5.69 Å². The predicted molar refractivity (Wildman–Crippen MR) is 69.9 cm³/mol. The fourth-order valence-corrected chi connectivity index (χ4v) is 1.86. The standard InChI is InChI=1S/C12H15ClN4O/c1-7-12(8(2)17(3)16-7)18-11-4-9(5-14)10(13)6-15-11/h4,6H,5,14H2,1-3H3. The molecule has 0 spiro atoms. The number of aryl methyl sites for hydroxylation is 2. The zero-order chi connectivity index (χ0) is 13.3. The molecule has 0 aliphatic heterocycles. The smallest absolute Gasteiger partial charge is 0.219 e. The van der Waals surface area contributed by atoms with Crippen molar-refractivity contribution in [3.63, 3.8) is 0 Å². The molecule has 2 aromatic rings. The average Bonchev–Trinajstić information content (AvgIpc) is 2.58. The minimum Gasteiger partial charge on any atom is -0.435 e. The topological polar surface area (TPSA) is 66.0 Å². The molecule has 2 aromatic heterocycles. The minimum absolute atomic E-state index is 0.350. The van der Waals surface area contributed by atoms with Gasteiger partial charge in [-0.05, 0) is 19.4 Å². The molecule has 18 heavy (non-hydrogen) atoms. The summed E-state index contributed by atoms with van der Waals surface area (Å²) in [5, 5.41) is 4.83. The first-order chi connectivity index (χ1) is 8.52. The summed E-state index contributed by atoms with van der Waals surface area (Å²) in [6, 6.07) is 1.74. The third kappa shape index (κ3) is 2.32. The van der Waals surface area contributed by atoms with E-state index in [4.69, 9.17) is 22.1 Å². The second kappa shape index (κ2) is 4.96. The molecule has 0 amide bonds. The van der Waals surface area contributed by atoms with Gasteiger partial charge in [-0.3, -0.25) is 4.68 Å². The normalized spacial score (nSPS) is 10.7. The molecule has 6 heteroatoms. The molecule has 2 heterocycles. The van der Waals surface area contributed by atoms with Crippen LogP contribution in [0.5, 0.6) is 11.6 Å². The summed E-state index contributed by atoms with van der Waals surface area (Å²) in [5.74, 6) is 1.19. The number of nitrogens with zero attached hydrogens (tertiary/aromatic N) is 3. The second-order valence-electron chi connectivity index (χ2n) is 4.04. The largest absolute Gasteiger partial charge is 0.435 e.